The third-order valence-corrected chi connectivity index (χ3v) is 1.19. The third kappa shape index (κ3) is 3.07. The van der Waals surface area contributed by atoms with E-state index in [0.717, 1.165) is 12.0 Å². The first-order valence-electron chi connectivity index (χ1n) is 3.20. The van der Waals surface area contributed by atoms with E-state index in [1.165, 1.54) is 6.92 Å². The topological polar surface area (TPSA) is 0 Å². The van der Waals surface area contributed by atoms with Gasteiger partial charge in [-0.15, -0.1) is 0 Å². The molecule has 0 spiro atoms. The summed E-state index contributed by atoms with van der Waals surface area (Å²) in [6.07, 6.45) is 4.42. The van der Waals surface area contributed by atoms with Crippen LogP contribution < -0.4 is 0 Å². The smallest absolute Gasteiger partial charge is 0.1000 e. The van der Waals surface area contributed by atoms with Crippen molar-refractivity contribution in [3.8, 4) is 0 Å². The van der Waals surface area contributed by atoms with Crippen LogP contribution in [0.4, 0.5) is 4.39 Å². The highest BCUT2D eigenvalue weighted by atomic mass is 19.1. The molecule has 0 fully saturated rings. The van der Waals surface area contributed by atoms with E-state index in [1.807, 2.05) is 19.9 Å². The molecular formula is C8H13F. The second kappa shape index (κ2) is 4.30. The fraction of sp³-hybridized carbons (Fsp3) is 0.500. The van der Waals surface area contributed by atoms with Crippen molar-refractivity contribution in [1.82, 2.24) is 0 Å². The first kappa shape index (κ1) is 8.41. The van der Waals surface area contributed by atoms with Gasteiger partial charge in [0.25, 0.3) is 0 Å². The number of hydrogen-bond acceptors (Lipinski definition) is 0. The summed E-state index contributed by atoms with van der Waals surface area (Å²) in [6.45, 7) is 5.32. The molecule has 0 heterocycles. The van der Waals surface area contributed by atoms with Crippen molar-refractivity contribution in [2.75, 3.05) is 0 Å². The predicted octanol–water partition coefficient (Wildman–Crippen LogP) is 3.22. The summed E-state index contributed by atoms with van der Waals surface area (Å²) in [5.74, 6) is -0.0735. The van der Waals surface area contributed by atoms with Gasteiger partial charge in [0.15, 0.2) is 0 Å². The maximum absolute atomic E-state index is 12.4. The summed E-state index contributed by atoms with van der Waals surface area (Å²) >= 11 is 0. The Bertz CT molecular complexity index is 128. The van der Waals surface area contributed by atoms with Gasteiger partial charge >= 0.3 is 0 Å². The average Bonchev–Trinajstić information content (AvgIpc) is 1.82. The van der Waals surface area contributed by atoms with E-state index in [0.29, 0.717) is 0 Å². The Labute approximate surface area is 56.1 Å². The molecule has 9 heavy (non-hydrogen) atoms. The molecule has 0 aliphatic heterocycles. The molecule has 0 radical (unpaired) electrons. The zero-order chi connectivity index (χ0) is 7.28. The monoisotopic (exact) mass is 128 g/mol. The molecule has 0 bridgehead atoms. The summed E-state index contributed by atoms with van der Waals surface area (Å²) in [4.78, 5) is 0. The Hall–Kier alpha value is -0.590. The Morgan fingerprint density at radius 1 is 1.56 bits per heavy atom. The molecule has 0 aliphatic rings. The highest BCUT2D eigenvalue weighted by Gasteiger charge is 1.91. The number of rotatable bonds is 2. The first-order chi connectivity index (χ1) is 4.22. The van der Waals surface area contributed by atoms with Crippen LogP contribution >= 0.6 is 0 Å². The van der Waals surface area contributed by atoms with Gasteiger partial charge in [0, 0.05) is 0 Å². The van der Waals surface area contributed by atoms with Crippen LogP contribution in [0.2, 0.25) is 0 Å². The Kier molecular flexibility index (Phi) is 4.02. The van der Waals surface area contributed by atoms with Gasteiger partial charge in [-0.1, -0.05) is 19.1 Å². The molecular weight excluding hydrogens is 115 g/mol. The van der Waals surface area contributed by atoms with E-state index in [2.05, 4.69) is 0 Å². The first-order valence-corrected chi connectivity index (χ1v) is 3.20. The normalized spacial score (nSPS) is 14.2. The molecule has 0 aromatic carbocycles. The summed E-state index contributed by atoms with van der Waals surface area (Å²) < 4.78 is 12.4. The molecule has 0 unspecified atom stereocenters. The van der Waals surface area contributed by atoms with Crippen LogP contribution in [0.1, 0.15) is 27.2 Å². The van der Waals surface area contributed by atoms with Crippen LogP contribution in [0, 0.1) is 0 Å². The largest absolute Gasteiger partial charge is 0.212 e. The second-order valence-electron chi connectivity index (χ2n) is 1.91. The van der Waals surface area contributed by atoms with Crippen molar-refractivity contribution < 1.29 is 4.39 Å². The standard InChI is InChI=1S/C8H13F/c1-4-6-8(5-2)7(3)9/h4,6H,5H2,1-3H3/b6-4-,8-7+. The summed E-state index contributed by atoms with van der Waals surface area (Å²) in [6, 6.07) is 0. The number of hydrogen-bond donors (Lipinski definition) is 0. The number of halogens is 1. The molecule has 0 aliphatic carbocycles. The van der Waals surface area contributed by atoms with Crippen molar-refractivity contribution in [1.29, 1.82) is 0 Å². The van der Waals surface area contributed by atoms with Crippen molar-refractivity contribution in [2.45, 2.75) is 27.2 Å². The minimum Gasteiger partial charge on any atom is -0.212 e. The van der Waals surface area contributed by atoms with Gasteiger partial charge in [-0.25, -0.2) is 4.39 Å². The zero-order valence-electron chi connectivity index (χ0n) is 6.24. The van der Waals surface area contributed by atoms with E-state index in [-0.39, 0.29) is 5.83 Å². The fourth-order valence-corrected chi connectivity index (χ4v) is 0.677. The van der Waals surface area contributed by atoms with Gasteiger partial charge in [0.2, 0.25) is 0 Å². The van der Waals surface area contributed by atoms with E-state index < -0.39 is 0 Å². The maximum atomic E-state index is 12.4. The Balaban J connectivity index is 4.16. The maximum Gasteiger partial charge on any atom is 0.1000 e. The molecule has 0 saturated carbocycles. The lowest BCUT2D eigenvalue weighted by Gasteiger charge is -1.94. The van der Waals surface area contributed by atoms with Crippen molar-refractivity contribution in [2.24, 2.45) is 0 Å². The van der Waals surface area contributed by atoms with Crippen molar-refractivity contribution in [3.63, 3.8) is 0 Å². The van der Waals surface area contributed by atoms with Gasteiger partial charge < -0.3 is 0 Å². The molecule has 0 aromatic heterocycles. The Morgan fingerprint density at radius 3 is 2.22 bits per heavy atom. The molecule has 0 saturated heterocycles. The van der Waals surface area contributed by atoms with E-state index in [4.69, 9.17) is 0 Å². The molecule has 0 rings (SSSR count). The van der Waals surface area contributed by atoms with Gasteiger partial charge in [-0.05, 0) is 25.8 Å². The van der Waals surface area contributed by atoms with Gasteiger partial charge in [-0.2, -0.15) is 0 Å². The molecule has 1 heteroatoms. The predicted molar refractivity (Wildman–Crippen MR) is 38.9 cm³/mol. The summed E-state index contributed by atoms with van der Waals surface area (Å²) in [7, 11) is 0. The van der Waals surface area contributed by atoms with Crippen molar-refractivity contribution in [3.05, 3.63) is 23.6 Å². The third-order valence-electron chi connectivity index (χ3n) is 1.19. The summed E-state index contributed by atoms with van der Waals surface area (Å²) in [5.41, 5.74) is 0.789. The molecule has 0 nitrogen and oxygen atoms in total. The van der Waals surface area contributed by atoms with Crippen LogP contribution in [0.25, 0.3) is 0 Å². The summed E-state index contributed by atoms with van der Waals surface area (Å²) in [5, 5.41) is 0. The van der Waals surface area contributed by atoms with E-state index in [1.54, 1.807) is 6.08 Å². The van der Waals surface area contributed by atoms with E-state index in [9.17, 15) is 4.39 Å². The zero-order valence-corrected chi connectivity index (χ0v) is 6.24. The SMILES string of the molecule is C/C=C\C(CC)=C(/C)F. The average molecular weight is 128 g/mol. The molecule has 0 aromatic rings. The van der Waals surface area contributed by atoms with E-state index >= 15 is 0 Å². The Morgan fingerprint density at radius 2 is 2.11 bits per heavy atom. The van der Waals surface area contributed by atoms with Crippen LogP contribution in [-0.2, 0) is 0 Å². The van der Waals surface area contributed by atoms with Gasteiger partial charge in [0.1, 0.15) is 0 Å². The van der Waals surface area contributed by atoms with Gasteiger partial charge in [-0.3, -0.25) is 0 Å². The van der Waals surface area contributed by atoms with Crippen molar-refractivity contribution >= 4 is 0 Å². The lowest BCUT2D eigenvalue weighted by molar-refractivity contribution is 0.626. The molecule has 0 N–H and O–H groups in total. The highest BCUT2D eigenvalue weighted by Crippen LogP contribution is 2.10. The van der Waals surface area contributed by atoms with Crippen LogP contribution in [0.5, 0.6) is 0 Å². The van der Waals surface area contributed by atoms with Crippen LogP contribution in [0.15, 0.2) is 23.6 Å². The fourth-order valence-electron chi connectivity index (χ4n) is 0.677. The molecule has 0 atom stereocenters. The lowest BCUT2D eigenvalue weighted by Crippen LogP contribution is -1.76. The second-order valence-corrected chi connectivity index (χ2v) is 1.91. The van der Waals surface area contributed by atoms with Gasteiger partial charge in [0.05, 0.1) is 5.83 Å². The molecule has 0 amide bonds. The molecule has 52 valence electrons. The minimum absolute atomic E-state index is 0.0735. The van der Waals surface area contributed by atoms with Crippen LogP contribution in [0.3, 0.4) is 0 Å². The highest BCUT2D eigenvalue weighted by molar-refractivity contribution is 5.19. The lowest BCUT2D eigenvalue weighted by atomic mass is 10.2. The number of allylic oxidation sites excluding steroid dienone is 4. The quantitative estimate of drug-likeness (QED) is 0.501. The van der Waals surface area contributed by atoms with Crippen LogP contribution in [-0.4, -0.2) is 0 Å². The minimum atomic E-state index is -0.0735.